The van der Waals surface area contributed by atoms with Crippen LogP contribution in [0.25, 0.3) is 0 Å². The Bertz CT molecular complexity index is 687. The summed E-state index contributed by atoms with van der Waals surface area (Å²) < 4.78 is 5.95. The van der Waals surface area contributed by atoms with Gasteiger partial charge in [0.05, 0.1) is 0 Å². The van der Waals surface area contributed by atoms with Crippen LogP contribution in [0.1, 0.15) is 87.0 Å². The third kappa shape index (κ3) is 5.32. The summed E-state index contributed by atoms with van der Waals surface area (Å²) in [6, 6.07) is 0. The Morgan fingerprint density at radius 1 is 1.31 bits per heavy atom. The number of carbonyl (C=O) groups is 2. The predicted molar refractivity (Wildman–Crippen MR) is 116 cm³/mol. The van der Waals surface area contributed by atoms with Crippen LogP contribution in [-0.2, 0) is 14.3 Å². The number of rotatable bonds is 7. The van der Waals surface area contributed by atoms with E-state index in [0.29, 0.717) is 17.4 Å². The number of carboxylic acids is 1. The van der Waals surface area contributed by atoms with Gasteiger partial charge in [0.15, 0.2) is 0 Å². The Kier molecular flexibility index (Phi) is 7.40. The molecule has 0 heterocycles. The predicted octanol–water partition coefficient (Wildman–Crippen LogP) is 6.16. The molecule has 0 aliphatic heterocycles. The Morgan fingerprint density at radius 2 is 1.97 bits per heavy atom. The average Bonchev–Trinajstić information content (AvgIpc) is 2.58. The molecule has 2 aliphatic carbocycles. The molecule has 4 heteroatoms. The lowest BCUT2D eigenvalue weighted by molar-refractivity contribution is -0.159. The first-order valence-corrected chi connectivity index (χ1v) is 11.1. The lowest BCUT2D eigenvalue weighted by atomic mass is 9.47. The van der Waals surface area contributed by atoms with E-state index in [2.05, 4.69) is 33.8 Å². The molecule has 0 amide bonds. The molecule has 0 saturated heterocycles. The largest absolute Gasteiger partial charge is 0.481 e. The summed E-state index contributed by atoms with van der Waals surface area (Å²) in [5.74, 6) is 0.192. The van der Waals surface area contributed by atoms with Gasteiger partial charge in [0.2, 0.25) is 0 Å². The summed E-state index contributed by atoms with van der Waals surface area (Å²) >= 11 is 0. The number of carboxylic acid groups (broad SMARTS) is 1. The van der Waals surface area contributed by atoms with Crippen molar-refractivity contribution in [2.24, 2.45) is 28.6 Å². The summed E-state index contributed by atoms with van der Waals surface area (Å²) in [7, 11) is 0. The molecule has 1 fully saturated rings. The molecule has 2 aliphatic rings. The van der Waals surface area contributed by atoms with Gasteiger partial charge in [-0.3, -0.25) is 4.79 Å². The van der Waals surface area contributed by atoms with E-state index in [1.807, 2.05) is 13.8 Å². The highest BCUT2D eigenvalue weighted by atomic mass is 16.5. The van der Waals surface area contributed by atoms with Gasteiger partial charge in [-0.05, 0) is 81.5 Å². The van der Waals surface area contributed by atoms with Crippen LogP contribution in [0.4, 0.5) is 0 Å². The fourth-order valence-electron chi connectivity index (χ4n) is 6.12. The first-order chi connectivity index (χ1) is 13.4. The van der Waals surface area contributed by atoms with Crippen molar-refractivity contribution in [3.8, 4) is 0 Å². The second-order valence-corrected chi connectivity index (χ2v) is 10.5. The Hall–Kier alpha value is -1.58. The van der Waals surface area contributed by atoms with E-state index in [9.17, 15) is 9.59 Å². The molecule has 1 saturated carbocycles. The van der Waals surface area contributed by atoms with E-state index in [0.717, 1.165) is 32.1 Å². The zero-order chi connectivity index (χ0) is 22.0. The minimum absolute atomic E-state index is 0.0539. The van der Waals surface area contributed by atoms with Crippen LogP contribution in [0.2, 0.25) is 0 Å². The summed E-state index contributed by atoms with van der Waals surface area (Å²) in [5.41, 5.74) is 2.22. The van der Waals surface area contributed by atoms with Crippen LogP contribution in [0.5, 0.6) is 0 Å². The number of hydrogen-bond donors (Lipinski definition) is 1. The van der Waals surface area contributed by atoms with Gasteiger partial charge in [0, 0.05) is 12.0 Å². The summed E-state index contributed by atoms with van der Waals surface area (Å²) in [4.78, 5) is 23.5. The number of carbonyl (C=O) groups excluding carboxylic acids is 1. The first kappa shape index (κ1) is 23.7. The maximum atomic E-state index is 12.4. The van der Waals surface area contributed by atoms with Gasteiger partial charge in [0.1, 0.15) is 6.10 Å². The lowest BCUT2D eigenvalue weighted by Crippen LogP contribution is -2.53. The molecule has 0 spiro atoms. The van der Waals surface area contributed by atoms with Crippen molar-refractivity contribution < 1.29 is 19.4 Å². The maximum absolute atomic E-state index is 12.4. The SMILES string of the molecule is C/C=C(/C)C(=O)O[C@H]1CC(C)(C)[C@H]2CC=C(C)[C@@H](CC[C@@H](C)CC(=O)O)[C@@]2(C)C1. The van der Waals surface area contributed by atoms with E-state index >= 15 is 0 Å². The molecule has 29 heavy (non-hydrogen) atoms. The van der Waals surface area contributed by atoms with Crippen LogP contribution in [-0.4, -0.2) is 23.1 Å². The fraction of sp³-hybridized carbons (Fsp3) is 0.760. The van der Waals surface area contributed by atoms with Gasteiger partial charge >= 0.3 is 11.9 Å². The number of ether oxygens (including phenoxy) is 1. The molecule has 0 aromatic carbocycles. The molecule has 0 unspecified atom stereocenters. The van der Waals surface area contributed by atoms with Gasteiger partial charge in [-0.2, -0.15) is 0 Å². The van der Waals surface area contributed by atoms with Gasteiger partial charge < -0.3 is 9.84 Å². The van der Waals surface area contributed by atoms with E-state index in [1.165, 1.54) is 5.57 Å². The molecule has 4 nitrogen and oxygen atoms in total. The van der Waals surface area contributed by atoms with Gasteiger partial charge in [-0.1, -0.05) is 45.4 Å². The monoisotopic (exact) mass is 404 g/mol. The van der Waals surface area contributed by atoms with Gasteiger partial charge in [0.25, 0.3) is 0 Å². The summed E-state index contributed by atoms with van der Waals surface area (Å²) in [6.07, 6.45) is 9.12. The second kappa shape index (κ2) is 9.06. The third-order valence-electron chi connectivity index (χ3n) is 7.68. The van der Waals surface area contributed by atoms with Crippen molar-refractivity contribution in [1.29, 1.82) is 0 Å². The first-order valence-electron chi connectivity index (χ1n) is 11.1. The van der Waals surface area contributed by atoms with E-state index < -0.39 is 5.97 Å². The standard InChI is InChI=1S/C25H40O4/c1-8-17(3)23(28)29-19-14-24(5,6)21-12-10-18(4)20(25(21,7)15-19)11-9-16(2)13-22(26)27/h8,10,16,19-21H,9,11-15H2,1-7H3,(H,26,27)/b17-8-/t16-,19+,20-,21-,25-/m1/s1. The number of hydrogen-bond acceptors (Lipinski definition) is 3. The number of allylic oxidation sites excluding steroid dienone is 3. The highest BCUT2D eigenvalue weighted by Gasteiger charge is 2.55. The second-order valence-electron chi connectivity index (χ2n) is 10.5. The smallest absolute Gasteiger partial charge is 0.333 e. The van der Waals surface area contributed by atoms with E-state index in [1.54, 1.807) is 13.0 Å². The molecule has 0 aromatic heterocycles. The third-order valence-corrected chi connectivity index (χ3v) is 7.68. The molecule has 5 atom stereocenters. The van der Waals surface area contributed by atoms with Crippen molar-refractivity contribution >= 4 is 11.9 Å². The number of aliphatic carboxylic acids is 1. The van der Waals surface area contributed by atoms with Crippen molar-refractivity contribution in [3.05, 3.63) is 23.3 Å². The number of esters is 1. The van der Waals surface area contributed by atoms with Crippen molar-refractivity contribution in [2.45, 2.75) is 93.1 Å². The fourth-order valence-corrected chi connectivity index (χ4v) is 6.12. The molecule has 164 valence electrons. The quantitative estimate of drug-likeness (QED) is 0.313. The summed E-state index contributed by atoms with van der Waals surface area (Å²) in [6.45, 7) is 14.9. The van der Waals surface area contributed by atoms with E-state index in [4.69, 9.17) is 9.84 Å². The maximum Gasteiger partial charge on any atom is 0.333 e. The van der Waals surface area contributed by atoms with Gasteiger partial charge in [-0.25, -0.2) is 4.79 Å². The van der Waals surface area contributed by atoms with Crippen LogP contribution < -0.4 is 0 Å². The van der Waals surface area contributed by atoms with Crippen LogP contribution >= 0.6 is 0 Å². The molecule has 0 aromatic rings. The Morgan fingerprint density at radius 3 is 2.55 bits per heavy atom. The van der Waals surface area contributed by atoms with Crippen molar-refractivity contribution in [1.82, 2.24) is 0 Å². The molecular formula is C25H40O4. The molecule has 2 rings (SSSR count). The van der Waals surface area contributed by atoms with Crippen molar-refractivity contribution in [3.63, 3.8) is 0 Å². The minimum atomic E-state index is -0.720. The lowest BCUT2D eigenvalue weighted by Gasteiger charge is -2.58. The normalized spacial score (nSPS) is 32.7. The average molecular weight is 405 g/mol. The zero-order valence-corrected chi connectivity index (χ0v) is 19.4. The highest BCUT2D eigenvalue weighted by Crippen LogP contribution is 2.61. The van der Waals surface area contributed by atoms with Crippen LogP contribution in [0, 0.1) is 28.6 Å². The molecule has 0 radical (unpaired) electrons. The van der Waals surface area contributed by atoms with Crippen LogP contribution in [0.15, 0.2) is 23.3 Å². The summed E-state index contributed by atoms with van der Waals surface area (Å²) in [5, 5.41) is 9.10. The highest BCUT2D eigenvalue weighted by molar-refractivity contribution is 5.87. The topological polar surface area (TPSA) is 63.6 Å². The zero-order valence-electron chi connectivity index (χ0n) is 19.4. The minimum Gasteiger partial charge on any atom is -0.481 e. The van der Waals surface area contributed by atoms with Crippen molar-refractivity contribution in [2.75, 3.05) is 0 Å². The number of fused-ring (bicyclic) bond motifs is 1. The molecule has 1 N–H and O–H groups in total. The van der Waals surface area contributed by atoms with Gasteiger partial charge in [-0.15, -0.1) is 0 Å². The van der Waals surface area contributed by atoms with E-state index in [-0.39, 0.29) is 35.2 Å². The van der Waals surface area contributed by atoms with Crippen LogP contribution in [0.3, 0.4) is 0 Å². The molecular weight excluding hydrogens is 364 g/mol. The Balaban J connectivity index is 2.24. The molecule has 0 bridgehead atoms. The Labute approximate surface area is 176 Å².